The number of rotatable bonds is 4. The van der Waals surface area contributed by atoms with Crippen molar-refractivity contribution in [3.8, 4) is 11.1 Å². The second-order valence-electron chi connectivity index (χ2n) is 9.11. The van der Waals surface area contributed by atoms with Gasteiger partial charge >= 0.3 is 6.09 Å². The van der Waals surface area contributed by atoms with Gasteiger partial charge in [-0.05, 0) is 46.6 Å². The zero-order chi connectivity index (χ0) is 21.0. The van der Waals surface area contributed by atoms with Gasteiger partial charge in [0.1, 0.15) is 12.7 Å². The molecule has 1 amide bonds. The van der Waals surface area contributed by atoms with Crippen LogP contribution in [0.5, 0.6) is 0 Å². The van der Waals surface area contributed by atoms with E-state index in [2.05, 4.69) is 36.4 Å². The Balaban J connectivity index is 1.22. The predicted molar refractivity (Wildman–Crippen MR) is 119 cm³/mol. The summed E-state index contributed by atoms with van der Waals surface area (Å²) in [7, 11) is 0. The first-order valence-electron chi connectivity index (χ1n) is 11.0. The van der Waals surface area contributed by atoms with Gasteiger partial charge in [0, 0.05) is 12.5 Å². The van der Waals surface area contributed by atoms with Gasteiger partial charge in [-0.25, -0.2) is 4.79 Å². The molecule has 1 saturated carbocycles. The van der Waals surface area contributed by atoms with E-state index >= 15 is 0 Å². The monoisotopic (exact) mass is 411 g/mol. The normalized spacial score (nSPS) is 24.3. The fourth-order valence-corrected chi connectivity index (χ4v) is 5.97. The lowest BCUT2D eigenvalue weighted by molar-refractivity contribution is -0.0324. The zero-order valence-electron chi connectivity index (χ0n) is 17.3. The van der Waals surface area contributed by atoms with Crippen LogP contribution in [0.3, 0.4) is 0 Å². The summed E-state index contributed by atoms with van der Waals surface area (Å²) >= 11 is 0. The summed E-state index contributed by atoms with van der Waals surface area (Å²) in [5, 5.41) is 11.1. The summed E-state index contributed by atoms with van der Waals surface area (Å²) in [6.45, 7) is 0.978. The first kappa shape index (κ1) is 18.6. The Kier molecular flexibility index (Phi) is 4.19. The number of hydrogen-bond acceptors (Lipinski definition) is 3. The van der Waals surface area contributed by atoms with Crippen LogP contribution in [-0.4, -0.2) is 34.8 Å². The van der Waals surface area contributed by atoms with Crippen molar-refractivity contribution in [2.24, 2.45) is 5.92 Å². The number of aliphatic hydroxyl groups is 1. The van der Waals surface area contributed by atoms with Crippen molar-refractivity contribution in [3.05, 3.63) is 95.6 Å². The molecule has 2 aliphatic heterocycles. The maximum absolute atomic E-state index is 13.2. The third kappa shape index (κ3) is 2.75. The van der Waals surface area contributed by atoms with Crippen LogP contribution in [0.1, 0.15) is 41.6 Å². The second-order valence-corrected chi connectivity index (χ2v) is 9.11. The third-order valence-corrected chi connectivity index (χ3v) is 7.44. The highest BCUT2D eigenvalue weighted by Crippen LogP contribution is 2.57. The number of carbonyl (C=O) groups is 1. The molecular weight excluding hydrogens is 386 g/mol. The summed E-state index contributed by atoms with van der Waals surface area (Å²) < 4.78 is 5.91. The molecule has 2 heterocycles. The second kappa shape index (κ2) is 6.96. The van der Waals surface area contributed by atoms with E-state index in [1.165, 1.54) is 22.3 Å². The van der Waals surface area contributed by atoms with Gasteiger partial charge in [-0.1, -0.05) is 78.9 Å². The molecule has 3 aromatic rings. The lowest BCUT2D eigenvalue weighted by atomic mass is 9.68. The molecule has 4 nitrogen and oxygen atoms in total. The molecule has 2 saturated heterocycles. The van der Waals surface area contributed by atoms with E-state index in [0.717, 1.165) is 18.4 Å². The lowest BCUT2D eigenvalue weighted by Gasteiger charge is -2.45. The quantitative estimate of drug-likeness (QED) is 0.647. The number of fused-ring (bicyclic) bond motifs is 4. The molecular formula is C27H25NO3. The first-order valence-corrected chi connectivity index (χ1v) is 11.0. The van der Waals surface area contributed by atoms with Crippen LogP contribution in [0.15, 0.2) is 78.9 Å². The van der Waals surface area contributed by atoms with E-state index in [4.69, 9.17) is 4.74 Å². The average Bonchev–Trinajstić information content (AvgIpc) is 3.46. The van der Waals surface area contributed by atoms with Crippen LogP contribution < -0.4 is 0 Å². The Labute approximate surface area is 182 Å². The van der Waals surface area contributed by atoms with E-state index in [1.807, 2.05) is 42.5 Å². The number of hydrogen-bond donors (Lipinski definition) is 1. The summed E-state index contributed by atoms with van der Waals surface area (Å²) in [4.78, 5) is 15.0. The number of ether oxygens (including phenoxy) is 1. The molecule has 2 bridgehead atoms. The molecule has 4 aliphatic rings. The van der Waals surface area contributed by atoms with Crippen LogP contribution in [-0.2, 0) is 4.74 Å². The van der Waals surface area contributed by atoms with Crippen LogP contribution in [0.2, 0.25) is 0 Å². The standard InChI is InChI=1S/C27H25NO3/c29-25(19-8-2-1-3-9-19)27-14-18(15-27)16-28(27)26(30)31-17-24-22-12-6-4-10-20(22)21-11-5-7-13-23(21)24/h1-13,18,24-25,29H,14-17H2. The topological polar surface area (TPSA) is 49.8 Å². The Hall–Kier alpha value is -3.11. The Morgan fingerprint density at radius 1 is 0.935 bits per heavy atom. The van der Waals surface area contributed by atoms with E-state index in [-0.39, 0.29) is 12.0 Å². The molecule has 2 aliphatic carbocycles. The first-order chi connectivity index (χ1) is 15.2. The van der Waals surface area contributed by atoms with E-state index in [1.54, 1.807) is 4.90 Å². The smallest absolute Gasteiger partial charge is 0.410 e. The molecule has 7 rings (SSSR count). The minimum atomic E-state index is -0.687. The molecule has 0 spiro atoms. The average molecular weight is 412 g/mol. The highest BCUT2D eigenvalue weighted by Gasteiger charge is 2.62. The van der Waals surface area contributed by atoms with Gasteiger partial charge in [-0.2, -0.15) is 0 Å². The van der Waals surface area contributed by atoms with Gasteiger partial charge < -0.3 is 9.84 Å². The number of carbonyl (C=O) groups excluding carboxylic acids is 1. The zero-order valence-corrected chi connectivity index (χ0v) is 17.3. The summed E-state index contributed by atoms with van der Waals surface area (Å²) in [6.07, 6.45) is 0.685. The molecule has 1 unspecified atom stereocenters. The fourth-order valence-electron chi connectivity index (χ4n) is 5.97. The maximum Gasteiger partial charge on any atom is 0.410 e. The Bertz CT molecular complexity index is 1090. The molecule has 0 aromatic heterocycles. The van der Waals surface area contributed by atoms with E-state index < -0.39 is 11.6 Å². The molecule has 1 atom stereocenters. The Morgan fingerprint density at radius 3 is 2.16 bits per heavy atom. The molecule has 156 valence electrons. The van der Waals surface area contributed by atoms with Gasteiger partial charge in [0.2, 0.25) is 0 Å². The maximum atomic E-state index is 13.2. The summed E-state index contributed by atoms with van der Waals surface area (Å²) in [5.74, 6) is 0.503. The van der Waals surface area contributed by atoms with Crippen molar-refractivity contribution in [1.82, 2.24) is 4.90 Å². The largest absolute Gasteiger partial charge is 0.448 e. The van der Waals surface area contributed by atoms with Crippen molar-refractivity contribution in [3.63, 3.8) is 0 Å². The minimum absolute atomic E-state index is 0.0453. The number of nitrogens with zero attached hydrogens (tertiary/aromatic N) is 1. The van der Waals surface area contributed by atoms with Crippen LogP contribution in [0.25, 0.3) is 11.1 Å². The molecule has 3 aromatic carbocycles. The van der Waals surface area contributed by atoms with E-state index in [0.29, 0.717) is 19.1 Å². The summed E-state index contributed by atoms with van der Waals surface area (Å²) in [5.41, 5.74) is 5.19. The van der Waals surface area contributed by atoms with E-state index in [9.17, 15) is 9.90 Å². The van der Waals surface area contributed by atoms with Gasteiger partial charge in [-0.3, -0.25) is 4.90 Å². The van der Waals surface area contributed by atoms with Gasteiger partial charge in [0.15, 0.2) is 0 Å². The van der Waals surface area contributed by atoms with Gasteiger partial charge in [0.25, 0.3) is 0 Å². The fraction of sp³-hybridized carbons (Fsp3) is 0.296. The molecule has 0 radical (unpaired) electrons. The minimum Gasteiger partial charge on any atom is -0.448 e. The van der Waals surface area contributed by atoms with Crippen molar-refractivity contribution >= 4 is 6.09 Å². The highest BCUT2D eigenvalue weighted by atomic mass is 16.6. The lowest BCUT2D eigenvalue weighted by Crippen LogP contribution is -2.53. The van der Waals surface area contributed by atoms with Gasteiger partial charge in [0.05, 0.1) is 5.54 Å². The molecule has 3 fully saturated rings. The molecule has 4 heteroatoms. The third-order valence-electron chi connectivity index (χ3n) is 7.44. The van der Waals surface area contributed by atoms with Crippen LogP contribution >= 0.6 is 0 Å². The van der Waals surface area contributed by atoms with Crippen molar-refractivity contribution < 1.29 is 14.6 Å². The highest BCUT2D eigenvalue weighted by molar-refractivity contribution is 5.79. The van der Waals surface area contributed by atoms with Crippen molar-refractivity contribution in [2.75, 3.05) is 13.2 Å². The van der Waals surface area contributed by atoms with Crippen LogP contribution in [0, 0.1) is 5.92 Å². The molecule has 1 N–H and O–H groups in total. The number of benzene rings is 3. The van der Waals surface area contributed by atoms with Crippen molar-refractivity contribution in [1.29, 1.82) is 0 Å². The SMILES string of the molecule is O=C(OCC1c2ccccc2-c2ccccc21)N1CC2CC1(C(O)c1ccccc1)C2. The molecule has 31 heavy (non-hydrogen) atoms. The number of amides is 1. The number of aliphatic hydroxyl groups excluding tert-OH is 1. The van der Waals surface area contributed by atoms with Crippen LogP contribution in [0.4, 0.5) is 4.79 Å². The van der Waals surface area contributed by atoms with Crippen molar-refractivity contribution in [2.45, 2.75) is 30.4 Å². The summed E-state index contributed by atoms with van der Waals surface area (Å²) in [6, 6.07) is 26.4. The van der Waals surface area contributed by atoms with Gasteiger partial charge in [-0.15, -0.1) is 0 Å². The predicted octanol–water partition coefficient (Wildman–Crippen LogP) is 5.13. The Morgan fingerprint density at radius 2 is 1.52 bits per heavy atom.